The maximum Gasteiger partial charge on any atom is 0.251 e. The Morgan fingerprint density at radius 3 is 2.18 bits per heavy atom. The highest BCUT2D eigenvalue weighted by Gasteiger charge is 2.30. The fraction of sp³-hybridized carbons (Fsp3) is 0.240. The van der Waals surface area contributed by atoms with Crippen LogP contribution in [0.2, 0.25) is 0 Å². The van der Waals surface area contributed by atoms with Crippen LogP contribution in [-0.2, 0) is 6.42 Å². The number of rotatable bonds is 7. The van der Waals surface area contributed by atoms with E-state index in [0.717, 1.165) is 5.56 Å². The molecule has 1 aliphatic heterocycles. The van der Waals surface area contributed by atoms with E-state index in [9.17, 15) is 19.1 Å². The summed E-state index contributed by atoms with van der Waals surface area (Å²) in [5.41, 5.74) is 1.79. The zero-order valence-corrected chi connectivity index (χ0v) is 18.5. The Labute approximate surface area is 196 Å². The van der Waals surface area contributed by atoms with E-state index in [1.165, 1.54) is 19.2 Å². The van der Waals surface area contributed by atoms with Crippen molar-refractivity contribution in [1.29, 1.82) is 0 Å². The van der Waals surface area contributed by atoms with Gasteiger partial charge in [-0.05, 0) is 42.0 Å². The molecule has 1 aromatic heterocycles. The summed E-state index contributed by atoms with van der Waals surface area (Å²) in [4.78, 5) is 29.1. The maximum atomic E-state index is 14.5. The molecule has 1 fully saturated rings. The zero-order valence-electron chi connectivity index (χ0n) is 18.5. The molecule has 9 heteroatoms. The molecule has 2 heterocycles. The number of nitrogens with one attached hydrogen (secondary N) is 3. The second-order valence-corrected chi connectivity index (χ2v) is 8.01. The predicted molar refractivity (Wildman–Crippen MR) is 123 cm³/mol. The van der Waals surface area contributed by atoms with E-state index < -0.39 is 5.82 Å². The molecule has 0 radical (unpaired) electrons. The topological polar surface area (TPSA) is 113 Å². The van der Waals surface area contributed by atoms with Crippen molar-refractivity contribution >= 4 is 11.8 Å². The first-order valence-corrected chi connectivity index (χ1v) is 10.8. The highest BCUT2D eigenvalue weighted by Crippen LogP contribution is 2.30. The normalized spacial score (nSPS) is 17.2. The number of amides is 2. The largest absolute Gasteiger partial charge is 0.508 e. The molecular formula is C25H25FN4O4. The second kappa shape index (κ2) is 10.3. The minimum Gasteiger partial charge on any atom is -0.508 e. The Hall–Kier alpha value is -3.98. The highest BCUT2D eigenvalue weighted by atomic mass is 19.1. The lowest BCUT2D eigenvalue weighted by molar-refractivity contribution is 0.0896. The number of carbonyl (C=O) groups is 2. The van der Waals surface area contributed by atoms with E-state index in [1.807, 2.05) is 0 Å². The van der Waals surface area contributed by atoms with E-state index in [1.54, 1.807) is 48.8 Å². The third-order valence-electron chi connectivity index (χ3n) is 5.79. The van der Waals surface area contributed by atoms with Crippen LogP contribution in [0, 0.1) is 5.82 Å². The van der Waals surface area contributed by atoms with Crippen molar-refractivity contribution in [1.82, 2.24) is 20.9 Å². The number of ether oxygens (including phenoxy) is 1. The van der Waals surface area contributed by atoms with Gasteiger partial charge in [-0.1, -0.05) is 12.1 Å². The molecule has 3 aromatic rings. The first kappa shape index (κ1) is 23.2. The van der Waals surface area contributed by atoms with E-state index in [0.29, 0.717) is 24.2 Å². The number of hydrogen-bond donors (Lipinski definition) is 4. The molecule has 0 spiro atoms. The average Bonchev–Trinajstić information content (AvgIpc) is 3.29. The van der Waals surface area contributed by atoms with Crippen molar-refractivity contribution < 1.29 is 23.8 Å². The Morgan fingerprint density at radius 1 is 1.00 bits per heavy atom. The Bertz CT molecular complexity index is 1170. The van der Waals surface area contributed by atoms with E-state index >= 15 is 0 Å². The van der Waals surface area contributed by atoms with Crippen molar-refractivity contribution in [3.05, 3.63) is 89.0 Å². The molecule has 2 atom stereocenters. The predicted octanol–water partition coefficient (Wildman–Crippen LogP) is 2.03. The van der Waals surface area contributed by atoms with E-state index in [4.69, 9.17) is 4.74 Å². The highest BCUT2D eigenvalue weighted by molar-refractivity contribution is 5.95. The molecule has 4 rings (SSSR count). The van der Waals surface area contributed by atoms with Gasteiger partial charge in [0.05, 0.1) is 19.2 Å². The zero-order chi connectivity index (χ0) is 24.1. The van der Waals surface area contributed by atoms with Crippen LogP contribution in [-0.4, -0.2) is 54.2 Å². The standard InChI is InChI=1S/C25H25FN4O4/c1-34-22-7-6-21(31)18(23(22)26)12-15-2-4-16(5-3-15)24(32)29-19-13-28-14-20(19)30-25(33)17-8-10-27-11-9-17/h2-11,19-20,28,31H,12-14H2,1H3,(H,29,32)(H,30,33)/t19-,20-/m1/s1. The van der Waals surface area contributed by atoms with Gasteiger partial charge in [-0.3, -0.25) is 14.6 Å². The average molecular weight is 464 g/mol. The Kier molecular flexibility index (Phi) is 7.03. The number of pyridine rings is 1. The van der Waals surface area contributed by atoms with Crippen LogP contribution in [0.25, 0.3) is 0 Å². The van der Waals surface area contributed by atoms with Gasteiger partial charge in [-0.15, -0.1) is 0 Å². The summed E-state index contributed by atoms with van der Waals surface area (Å²) in [7, 11) is 1.36. The van der Waals surface area contributed by atoms with Crippen molar-refractivity contribution in [2.24, 2.45) is 0 Å². The van der Waals surface area contributed by atoms with Gasteiger partial charge >= 0.3 is 0 Å². The van der Waals surface area contributed by atoms with Crippen LogP contribution in [0.5, 0.6) is 11.5 Å². The molecule has 8 nitrogen and oxygen atoms in total. The van der Waals surface area contributed by atoms with Gasteiger partial charge < -0.3 is 25.8 Å². The number of benzene rings is 2. The van der Waals surface area contributed by atoms with Gasteiger partial charge in [0.1, 0.15) is 5.75 Å². The third kappa shape index (κ3) is 5.15. The number of nitrogens with zero attached hydrogens (tertiary/aromatic N) is 1. The van der Waals surface area contributed by atoms with Crippen LogP contribution in [0.15, 0.2) is 60.9 Å². The number of aromatic nitrogens is 1. The monoisotopic (exact) mass is 464 g/mol. The van der Waals surface area contributed by atoms with Crippen LogP contribution in [0.4, 0.5) is 4.39 Å². The molecule has 0 unspecified atom stereocenters. The van der Waals surface area contributed by atoms with Crippen molar-refractivity contribution in [3.63, 3.8) is 0 Å². The van der Waals surface area contributed by atoms with Crippen molar-refractivity contribution in [3.8, 4) is 11.5 Å². The lowest BCUT2D eigenvalue weighted by Gasteiger charge is -2.21. The van der Waals surface area contributed by atoms with E-state index in [-0.39, 0.29) is 47.4 Å². The Balaban J connectivity index is 1.39. The Morgan fingerprint density at radius 2 is 1.59 bits per heavy atom. The second-order valence-electron chi connectivity index (χ2n) is 8.01. The summed E-state index contributed by atoms with van der Waals surface area (Å²) in [6.45, 7) is 1.07. The lowest BCUT2D eigenvalue weighted by Crippen LogP contribution is -2.51. The minimum atomic E-state index is -0.613. The van der Waals surface area contributed by atoms with Crippen LogP contribution in [0.1, 0.15) is 31.8 Å². The number of carbonyl (C=O) groups excluding carboxylic acids is 2. The third-order valence-corrected chi connectivity index (χ3v) is 5.79. The molecule has 0 aliphatic carbocycles. The summed E-state index contributed by atoms with van der Waals surface area (Å²) in [6, 6.07) is 12.2. The molecular weight excluding hydrogens is 439 g/mol. The fourth-order valence-corrected chi connectivity index (χ4v) is 3.88. The summed E-state index contributed by atoms with van der Waals surface area (Å²) < 4.78 is 19.5. The van der Waals surface area contributed by atoms with Gasteiger partial charge in [0.2, 0.25) is 0 Å². The van der Waals surface area contributed by atoms with Crippen LogP contribution >= 0.6 is 0 Å². The number of halogens is 1. The molecule has 34 heavy (non-hydrogen) atoms. The van der Waals surface area contributed by atoms with Gasteiger partial charge in [-0.25, -0.2) is 4.39 Å². The number of phenols is 1. The van der Waals surface area contributed by atoms with Crippen molar-refractivity contribution in [2.75, 3.05) is 20.2 Å². The minimum absolute atomic E-state index is 0.0551. The number of phenolic OH excluding ortho intramolecular Hbond substituents is 1. The number of hydrogen-bond acceptors (Lipinski definition) is 6. The van der Waals surface area contributed by atoms with Gasteiger partial charge in [0.15, 0.2) is 11.6 Å². The van der Waals surface area contributed by atoms with Gasteiger partial charge in [-0.2, -0.15) is 0 Å². The fourth-order valence-electron chi connectivity index (χ4n) is 3.88. The summed E-state index contributed by atoms with van der Waals surface area (Å²) in [5.74, 6) is -1.22. The van der Waals surface area contributed by atoms with Crippen LogP contribution < -0.4 is 20.7 Å². The van der Waals surface area contributed by atoms with Gasteiger partial charge in [0.25, 0.3) is 11.8 Å². The first-order valence-electron chi connectivity index (χ1n) is 10.8. The molecule has 0 saturated carbocycles. The quantitative estimate of drug-likeness (QED) is 0.426. The van der Waals surface area contributed by atoms with Crippen LogP contribution in [0.3, 0.4) is 0 Å². The summed E-state index contributed by atoms with van der Waals surface area (Å²) in [5, 5.41) is 19.1. The SMILES string of the molecule is COc1ccc(O)c(Cc2ccc(C(=O)N[C@@H]3CNC[C@H]3NC(=O)c3ccncc3)cc2)c1F. The number of methoxy groups -OCH3 is 1. The summed E-state index contributed by atoms with van der Waals surface area (Å²) >= 11 is 0. The first-order chi connectivity index (χ1) is 16.5. The molecule has 176 valence electrons. The maximum absolute atomic E-state index is 14.5. The molecule has 1 saturated heterocycles. The van der Waals surface area contributed by atoms with Gasteiger partial charge in [0, 0.05) is 48.6 Å². The molecule has 2 amide bonds. The molecule has 2 aromatic carbocycles. The molecule has 4 N–H and O–H groups in total. The van der Waals surface area contributed by atoms with Crippen molar-refractivity contribution in [2.45, 2.75) is 18.5 Å². The smallest absolute Gasteiger partial charge is 0.251 e. The summed E-state index contributed by atoms with van der Waals surface area (Å²) in [6.07, 6.45) is 3.25. The lowest BCUT2D eigenvalue weighted by atomic mass is 10.0. The molecule has 1 aliphatic rings. The molecule has 0 bridgehead atoms. The number of aromatic hydroxyl groups is 1. The van der Waals surface area contributed by atoms with E-state index in [2.05, 4.69) is 20.9 Å².